The number of rotatable bonds is 3. The predicted molar refractivity (Wildman–Crippen MR) is 83.3 cm³/mol. The van der Waals surface area contributed by atoms with Crippen molar-refractivity contribution in [3.05, 3.63) is 34.4 Å². The minimum atomic E-state index is 0.208. The smallest absolute Gasteiger partial charge is 0.254 e. The van der Waals surface area contributed by atoms with E-state index in [0.29, 0.717) is 6.04 Å². The molecule has 110 valence electrons. The van der Waals surface area contributed by atoms with Gasteiger partial charge in [-0.25, -0.2) is 0 Å². The molecule has 2 rings (SSSR count). The Hall–Kier alpha value is -1.35. The molecule has 0 saturated carbocycles. The van der Waals surface area contributed by atoms with E-state index >= 15 is 0 Å². The van der Waals surface area contributed by atoms with E-state index in [0.717, 1.165) is 42.6 Å². The summed E-state index contributed by atoms with van der Waals surface area (Å²) in [6, 6.07) is 4.55. The van der Waals surface area contributed by atoms with Crippen LogP contribution in [-0.2, 0) is 0 Å². The molecule has 0 radical (unpaired) electrons. The van der Waals surface area contributed by atoms with Gasteiger partial charge in [-0.3, -0.25) is 4.79 Å². The molecule has 1 aromatic carbocycles. The zero-order chi connectivity index (χ0) is 14.7. The molecule has 3 heteroatoms. The summed E-state index contributed by atoms with van der Waals surface area (Å²) in [5.41, 5.74) is 4.32. The normalized spacial score (nSPS) is 19.2. The summed E-state index contributed by atoms with van der Waals surface area (Å²) >= 11 is 0. The number of piperidine rings is 1. The molecule has 1 atom stereocenters. The lowest BCUT2D eigenvalue weighted by atomic mass is 9.95. The van der Waals surface area contributed by atoms with E-state index in [1.54, 1.807) is 0 Å². The molecule has 20 heavy (non-hydrogen) atoms. The number of carbonyl (C=O) groups is 1. The maximum Gasteiger partial charge on any atom is 0.254 e. The van der Waals surface area contributed by atoms with E-state index in [9.17, 15) is 4.79 Å². The van der Waals surface area contributed by atoms with Gasteiger partial charge >= 0.3 is 0 Å². The van der Waals surface area contributed by atoms with Crippen LogP contribution in [0.3, 0.4) is 0 Å². The van der Waals surface area contributed by atoms with Crippen molar-refractivity contribution in [3.63, 3.8) is 0 Å². The maximum atomic E-state index is 12.9. The van der Waals surface area contributed by atoms with Crippen LogP contribution in [0.2, 0.25) is 0 Å². The van der Waals surface area contributed by atoms with Crippen LogP contribution in [0.25, 0.3) is 0 Å². The average molecular weight is 274 g/mol. The van der Waals surface area contributed by atoms with Gasteiger partial charge in [0.15, 0.2) is 0 Å². The summed E-state index contributed by atoms with van der Waals surface area (Å²) in [6.45, 7) is 7.95. The topological polar surface area (TPSA) is 32.3 Å². The van der Waals surface area contributed by atoms with Crippen molar-refractivity contribution in [1.29, 1.82) is 0 Å². The molecule has 1 amide bonds. The van der Waals surface area contributed by atoms with Gasteiger partial charge in [-0.05, 0) is 58.2 Å². The first kappa shape index (κ1) is 15.0. The van der Waals surface area contributed by atoms with Crippen LogP contribution in [0, 0.1) is 20.8 Å². The number of carbonyl (C=O) groups excluding carboxylic acids is 1. The third kappa shape index (κ3) is 3.04. The van der Waals surface area contributed by atoms with Crippen molar-refractivity contribution in [3.8, 4) is 0 Å². The molecule has 0 spiro atoms. The van der Waals surface area contributed by atoms with Crippen LogP contribution in [-0.4, -0.2) is 37.0 Å². The molecule has 1 aromatic rings. The first-order chi connectivity index (χ1) is 9.54. The third-order valence-corrected chi connectivity index (χ3v) is 4.22. The number of amides is 1. The molecular weight excluding hydrogens is 248 g/mol. The van der Waals surface area contributed by atoms with Gasteiger partial charge in [0, 0.05) is 24.7 Å². The highest BCUT2D eigenvalue weighted by Crippen LogP contribution is 2.23. The fourth-order valence-electron chi connectivity index (χ4n) is 3.38. The Kier molecular flexibility index (Phi) is 4.81. The molecule has 3 nitrogen and oxygen atoms in total. The Morgan fingerprint density at radius 1 is 1.25 bits per heavy atom. The number of likely N-dealkylation sites (N-methyl/N-ethyl adjacent to an activating group) is 1. The van der Waals surface area contributed by atoms with Gasteiger partial charge in [0.25, 0.3) is 5.91 Å². The molecule has 1 aliphatic heterocycles. The minimum absolute atomic E-state index is 0.208. The SMILES string of the molecule is CNCC1CCCCN1C(=O)c1c(C)cc(C)cc1C. The lowest BCUT2D eigenvalue weighted by Gasteiger charge is -2.36. The first-order valence-electron chi connectivity index (χ1n) is 7.58. The average Bonchev–Trinajstić information content (AvgIpc) is 2.38. The molecule has 1 N–H and O–H groups in total. The minimum Gasteiger partial charge on any atom is -0.334 e. The van der Waals surface area contributed by atoms with Crippen molar-refractivity contribution in [2.45, 2.75) is 46.1 Å². The number of hydrogen-bond donors (Lipinski definition) is 1. The van der Waals surface area contributed by atoms with E-state index < -0.39 is 0 Å². The van der Waals surface area contributed by atoms with E-state index in [1.165, 1.54) is 12.0 Å². The summed E-state index contributed by atoms with van der Waals surface area (Å²) in [4.78, 5) is 15.0. The van der Waals surface area contributed by atoms with Crippen molar-refractivity contribution in [2.75, 3.05) is 20.1 Å². The third-order valence-electron chi connectivity index (χ3n) is 4.22. The van der Waals surface area contributed by atoms with E-state index in [4.69, 9.17) is 0 Å². The summed E-state index contributed by atoms with van der Waals surface area (Å²) in [6.07, 6.45) is 3.45. The predicted octanol–water partition coefficient (Wildman–Crippen LogP) is 2.83. The van der Waals surface area contributed by atoms with Crippen LogP contribution in [0.1, 0.15) is 46.3 Å². The fraction of sp³-hybridized carbons (Fsp3) is 0.588. The Bertz CT molecular complexity index is 471. The van der Waals surface area contributed by atoms with Crippen LogP contribution in [0.4, 0.5) is 0 Å². The number of nitrogens with zero attached hydrogens (tertiary/aromatic N) is 1. The summed E-state index contributed by atoms with van der Waals surface area (Å²) < 4.78 is 0. The number of hydrogen-bond acceptors (Lipinski definition) is 2. The van der Waals surface area contributed by atoms with E-state index in [2.05, 4.69) is 29.3 Å². The second-order valence-electron chi connectivity index (χ2n) is 5.98. The summed E-state index contributed by atoms with van der Waals surface area (Å²) in [7, 11) is 1.96. The molecule has 0 aromatic heterocycles. The van der Waals surface area contributed by atoms with Crippen LogP contribution < -0.4 is 5.32 Å². The monoisotopic (exact) mass is 274 g/mol. The second-order valence-corrected chi connectivity index (χ2v) is 5.98. The Labute approximate surface area is 122 Å². The Morgan fingerprint density at radius 3 is 2.50 bits per heavy atom. The van der Waals surface area contributed by atoms with Crippen molar-refractivity contribution < 1.29 is 4.79 Å². The number of benzene rings is 1. The van der Waals surface area contributed by atoms with Gasteiger partial charge in [0.05, 0.1) is 0 Å². The molecule has 0 aliphatic carbocycles. The fourth-order valence-corrected chi connectivity index (χ4v) is 3.38. The van der Waals surface area contributed by atoms with Gasteiger partial charge in [-0.1, -0.05) is 17.7 Å². The zero-order valence-corrected chi connectivity index (χ0v) is 13.1. The van der Waals surface area contributed by atoms with Gasteiger partial charge in [-0.15, -0.1) is 0 Å². The molecular formula is C17H26N2O. The molecule has 1 fully saturated rings. The molecule has 1 saturated heterocycles. The number of aryl methyl sites for hydroxylation is 3. The highest BCUT2D eigenvalue weighted by atomic mass is 16.2. The highest BCUT2D eigenvalue weighted by Gasteiger charge is 2.28. The van der Waals surface area contributed by atoms with Crippen molar-refractivity contribution >= 4 is 5.91 Å². The Morgan fingerprint density at radius 2 is 1.90 bits per heavy atom. The summed E-state index contributed by atoms with van der Waals surface area (Å²) in [5.74, 6) is 0.208. The molecule has 1 aliphatic rings. The number of nitrogens with one attached hydrogen (secondary N) is 1. The highest BCUT2D eigenvalue weighted by molar-refractivity contribution is 5.97. The molecule has 1 heterocycles. The largest absolute Gasteiger partial charge is 0.334 e. The lowest BCUT2D eigenvalue weighted by molar-refractivity contribution is 0.0613. The Balaban J connectivity index is 2.30. The second kappa shape index (κ2) is 6.40. The van der Waals surface area contributed by atoms with E-state index in [1.807, 2.05) is 20.9 Å². The van der Waals surface area contributed by atoms with Gasteiger partial charge in [-0.2, -0.15) is 0 Å². The lowest BCUT2D eigenvalue weighted by Crippen LogP contribution is -2.48. The van der Waals surface area contributed by atoms with Gasteiger partial charge in [0.1, 0.15) is 0 Å². The van der Waals surface area contributed by atoms with Gasteiger partial charge in [0.2, 0.25) is 0 Å². The standard InChI is InChI=1S/C17H26N2O/c1-12-9-13(2)16(14(3)10-12)17(20)19-8-6-5-7-15(19)11-18-4/h9-10,15,18H,5-8,11H2,1-4H3. The van der Waals surface area contributed by atoms with Crippen molar-refractivity contribution in [1.82, 2.24) is 10.2 Å². The molecule has 1 unspecified atom stereocenters. The van der Waals surface area contributed by atoms with Crippen LogP contribution >= 0.6 is 0 Å². The van der Waals surface area contributed by atoms with Crippen LogP contribution in [0.15, 0.2) is 12.1 Å². The zero-order valence-electron chi connectivity index (χ0n) is 13.1. The van der Waals surface area contributed by atoms with E-state index in [-0.39, 0.29) is 5.91 Å². The maximum absolute atomic E-state index is 12.9. The molecule has 0 bridgehead atoms. The van der Waals surface area contributed by atoms with Crippen LogP contribution in [0.5, 0.6) is 0 Å². The van der Waals surface area contributed by atoms with Gasteiger partial charge < -0.3 is 10.2 Å². The number of likely N-dealkylation sites (tertiary alicyclic amines) is 1. The quantitative estimate of drug-likeness (QED) is 0.919. The first-order valence-corrected chi connectivity index (χ1v) is 7.58. The van der Waals surface area contributed by atoms with Crippen molar-refractivity contribution in [2.24, 2.45) is 0 Å². The summed E-state index contributed by atoms with van der Waals surface area (Å²) in [5, 5.41) is 3.22.